The van der Waals surface area contributed by atoms with Crippen molar-refractivity contribution in [1.82, 2.24) is 15.2 Å². The molecule has 29 heavy (non-hydrogen) atoms. The summed E-state index contributed by atoms with van der Waals surface area (Å²) in [5.74, 6) is -0.0880. The molecule has 0 bridgehead atoms. The van der Waals surface area contributed by atoms with Crippen LogP contribution in [-0.4, -0.2) is 29.1 Å². The van der Waals surface area contributed by atoms with Crippen LogP contribution in [0.4, 0.5) is 10.5 Å². The molecule has 150 valence electrons. The van der Waals surface area contributed by atoms with Crippen molar-refractivity contribution in [2.24, 2.45) is 0 Å². The van der Waals surface area contributed by atoms with Crippen LogP contribution in [0.2, 0.25) is 0 Å². The molecule has 1 aliphatic rings. The molecule has 3 aromatic rings. The number of benzene rings is 2. The molecule has 1 fully saturated rings. The van der Waals surface area contributed by atoms with E-state index in [1.807, 2.05) is 25.1 Å². The number of aromatic nitrogens is 1. The second-order valence-electron chi connectivity index (χ2n) is 7.58. The molecule has 0 spiro atoms. The van der Waals surface area contributed by atoms with Gasteiger partial charge in [-0.05, 0) is 61.4 Å². The minimum atomic E-state index is -0.259. The lowest BCUT2D eigenvalue weighted by atomic mass is 10.1. The SMILES string of the molecule is Cc1ccc(C(=O)NC2CC2)cc1NC(=O)NCCCn1ccc2ccccc21. The summed E-state index contributed by atoms with van der Waals surface area (Å²) in [7, 11) is 0. The number of anilines is 1. The molecule has 0 atom stereocenters. The van der Waals surface area contributed by atoms with Gasteiger partial charge >= 0.3 is 6.03 Å². The molecule has 2 aromatic carbocycles. The van der Waals surface area contributed by atoms with Crippen LogP contribution in [0, 0.1) is 6.92 Å². The predicted octanol–water partition coefficient (Wildman–Crippen LogP) is 4.05. The van der Waals surface area contributed by atoms with Gasteiger partial charge in [-0.3, -0.25) is 4.79 Å². The number of rotatable bonds is 7. The van der Waals surface area contributed by atoms with E-state index in [-0.39, 0.29) is 11.9 Å². The topological polar surface area (TPSA) is 75.2 Å². The lowest BCUT2D eigenvalue weighted by Gasteiger charge is -2.12. The highest BCUT2D eigenvalue weighted by Gasteiger charge is 2.24. The van der Waals surface area contributed by atoms with Crippen molar-refractivity contribution in [1.29, 1.82) is 0 Å². The van der Waals surface area contributed by atoms with Crippen molar-refractivity contribution in [2.75, 3.05) is 11.9 Å². The van der Waals surface area contributed by atoms with Gasteiger partial charge in [-0.15, -0.1) is 0 Å². The zero-order chi connectivity index (χ0) is 20.2. The summed E-state index contributed by atoms with van der Waals surface area (Å²) in [6.07, 6.45) is 5.00. The van der Waals surface area contributed by atoms with Gasteiger partial charge in [-0.25, -0.2) is 4.79 Å². The van der Waals surface area contributed by atoms with Gasteiger partial charge in [-0.1, -0.05) is 24.3 Å². The Bertz CT molecular complexity index is 1040. The Hall–Kier alpha value is -3.28. The molecule has 0 saturated heterocycles. The van der Waals surface area contributed by atoms with Crippen molar-refractivity contribution in [2.45, 2.75) is 38.8 Å². The van der Waals surface area contributed by atoms with Gasteiger partial charge in [0.2, 0.25) is 0 Å². The third kappa shape index (κ3) is 4.77. The molecule has 0 aliphatic heterocycles. The lowest BCUT2D eigenvalue weighted by Crippen LogP contribution is -2.30. The van der Waals surface area contributed by atoms with Crippen LogP contribution in [0.5, 0.6) is 0 Å². The standard InChI is InChI=1S/C23H26N4O2/c1-16-7-8-18(22(28)25-19-9-10-19)15-20(16)26-23(29)24-12-4-13-27-14-11-17-5-2-3-6-21(17)27/h2-3,5-8,11,14-15,19H,4,9-10,12-13H2,1H3,(H,25,28)(H2,24,26,29). The zero-order valence-corrected chi connectivity index (χ0v) is 16.6. The van der Waals surface area contributed by atoms with E-state index < -0.39 is 0 Å². The zero-order valence-electron chi connectivity index (χ0n) is 16.6. The monoisotopic (exact) mass is 390 g/mol. The number of hydrogen-bond acceptors (Lipinski definition) is 2. The Balaban J connectivity index is 1.27. The molecule has 1 aromatic heterocycles. The van der Waals surface area contributed by atoms with Crippen LogP contribution < -0.4 is 16.0 Å². The molecular weight excluding hydrogens is 364 g/mol. The maximum absolute atomic E-state index is 12.3. The van der Waals surface area contributed by atoms with Gasteiger partial charge < -0.3 is 20.5 Å². The Morgan fingerprint density at radius 1 is 1.10 bits per heavy atom. The van der Waals surface area contributed by atoms with Crippen molar-refractivity contribution in [3.8, 4) is 0 Å². The van der Waals surface area contributed by atoms with E-state index in [2.05, 4.69) is 44.9 Å². The van der Waals surface area contributed by atoms with Gasteiger partial charge in [0.05, 0.1) is 0 Å². The quantitative estimate of drug-likeness (QED) is 0.532. The average molecular weight is 390 g/mol. The Morgan fingerprint density at radius 2 is 1.93 bits per heavy atom. The first kappa shape index (κ1) is 19.1. The number of urea groups is 1. The number of nitrogens with one attached hydrogen (secondary N) is 3. The number of carbonyl (C=O) groups is 2. The normalized spacial score (nSPS) is 13.3. The predicted molar refractivity (Wildman–Crippen MR) is 115 cm³/mol. The molecule has 1 heterocycles. The Morgan fingerprint density at radius 3 is 2.76 bits per heavy atom. The molecule has 0 radical (unpaired) electrons. The second-order valence-corrected chi connectivity index (χ2v) is 7.58. The minimum absolute atomic E-state index is 0.0880. The lowest BCUT2D eigenvalue weighted by molar-refractivity contribution is 0.0951. The summed E-state index contributed by atoms with van der Waals surface area (Å²) in [5, 5.41) is 9.95. The van der Waals surface area contributed by atoms with Crippen molar-refractivity contribution >= 4 is 28.5 Å². The molecule has 6 nitrogen and oxygen atoms in total. The highest BCUT2D eigenvalue weighted by atomic mass is 16.2. The summed E-state index contributed by atoms with van der Waals surface area (Å²) in [4.78, 5) is 24.5. The summed E-state index contributed by atoms with van der Waals surface area (Å²) in [6.45, 7) is 3.32. The van der Waals surface area contributed by atoms with Crippen LogP contribution in [0.25, 0.3) is 10.9 Å². The number of carbonyl (C=O) groups excluding carboxylic acids is 2. The van der Waals surface area contributed by atoms with Gasteiger partial charge in [0.25, 0.3) is 5.91 Å². The molecule has 3 amide bonds. The highest BCUT2D eigenvalue weighted by Crippen LogP contribution is 2.21. The molecule has 4 rings (SSSR count). The number of amides is 3. The van der Waals surface area contributed by atoms with E-state index in [1.54, 1.807) is 12.1 Å². The summed E-state index contributed by atoms with van der Waals surface area (Å²) in [6, 6.07) is 15.8. The maximum atomic E-state index is 12.3. The van der Waals surface area contributed by atoms with Crippen molar-refractivity contribution < 1.29 is 9.59 Å². The van der Waals surface area contributed by atoms with Gasteiger partial charge in [0.1, 0.15) is 0 Å². The number of aryl methyl sites for hydroxylation is 2. The third-order valence-electron chi connectivity index (χ3n) is 5.20. The fourth-order valence-corrected chi connectivity index (χ4v) is 3.35. The average Bonchev–Trinajstić information content (AvgIpc) is 3.44. The van der Waals surface area contributed by atoms with Crippen LogP contribution in [0.15, 0.2) is 54.7 Å². The number of fused-ring (bicyclic) bond motifs is 1. The maximum Gasteiger partial charge on any atom is 0.319 e. The van der Waals surface area contributed by atoms with E-state index in [9.17, 15) is 9.59 Å². The summed E-state index contributed by atoms with van der Waals surface area (Å²) < 4.78 is 2.20. The van der Waals surface area contributed by atoms with E-state index in [4.69, 9.17) is 0 Å². The molecule has 3 N–H and O–H groups in total. The van der Waals surface area contributed by atoms with E-state index in [0.29, 0.717) is 23.8 Å². The second kappa shape index (κ2) is 8.39. The van der Waals surface area contributed by atoms with Gasteiger partial charge in [-0.2, -0.15) is 0 Å². The number of nitrogens with zero attached hydrogens (tertiary/aromatic N) is 1. The first-order valence-corrected chi connectivity index (χ1v) is 10.1. The molecular formula is C23H26N4O2. The fraction of sp³-hybridized carbons (Fsp3) is 0.304. The minimum Gasteiger partial charge on any atom is -0.349 e. The van der Waals surface area contributed by atoms with E-state index >= 15 is 0 Å². The Kier molecular flexibility index (Phi) is 5.51. The third-order valence-corrected chi connectivity index (χ3v) is 5.20. The molecule has 1 aliphatic carbocycles. The summed E-state index contributed by atoms with van der Waals surface area (Å²) in [5.41, 5.74) is 3.34. The van der Waals surface area contributed by atoms with Crippen LogP contribution in [0.3, 0.4) is 0 Å². The van der Waals surface area contributed by atoms with Gasteiger partial charge in [0.15, 0.2) is 0 Å². The largest absolute Gasteiger partial charge is 0.349 e. The highest BCUT2D eigenvalue weighted by molar-refractivity contribution is 5.97. The Labute approximate surface area is 170 Å². The van der Waals surface area contributed by atoms with Crippen molar-refractivity contribution in [3.05, 3.63) is 65.9 Å². The van der Waals surface area contributed by atoms with Crippen LogP contribution in [0.1, 0.15) is 35.2 Å². The van der Waals surface area contributed by atoms with E-state index in [0.717, 1.165) is 31.4 Å². The fourth-order valence-electron chi connectivity index (χ4n) is 3.35. The molecule has 6 heteroatoms. The van der Waals surface area contributed by atoms with Crippen LogP contribution >= 0.6 is 0 Å². The molecule has 1 saturated carbocycles. The van der Waals surface area contributed by atoms with E-state index in [1.165, 1.54) is 10.9 Å². The first-order chi connectivity index (χ1) is 14.1. The first-order valence-electron chi connectivity index (χ1n) is 10.1. The number of para-hydroxylation sites is 1. The smallest absolute Gasteiger partial charge is 0.319 e. The molecule has 0 unspecified atom stereocenters. The van der Waals surface area contributed by atoms with Crippen LogP contribution in [-0.2, 0) is 6.54 Å². The summed E-state index contributed by atoms with van der Waals surface area (Å²) >= 11 is 0. The van der Waals surface area contributed by atoms with Crippen molar-refractivity contribution in [3.63, 3.8) is 0 Å². The number of hydrogen-bond donors (Lipinski definition) is 3. The van der Waals surface area contributed by atoms with Gasteiger partial charge in [0, 0.05) is 42.1 Å².